The van der Waals surface area contributed by atoms with E-state index in [0.29, 0.717) is 11.6 Å². The molecule has 1 aliphatic rings. The molecule has 3 rings (SSSR count). The highest BCUT2D eigenvalue weighted by molar-refractivity contribution is 5.93. The maximum atomic E-state index is 13.0. The van der Waals surface area contributed by atoms with Crippen molar-refractivity contribution in [3.63, 3.8) is 0 Å². The number of nitrogens with one attached hydrogen (secondary N) is 1. The van der Waals surface area contributed by atoms with Crippen LogP contribution in [0.4, 0.5) is 4.39 Å². The van der Waals surface area contributed by atoms with Gasteiger partial charge in [-0.05, 0) is 43.0 Å². The Labute approximate surface area is 129 Å². The molecule has 1 heterocycles. The lowest BCUT2D eigenvalue weighted by atomic mass is 10.0. The van der Waals surface area contributed by atoms with Crippen molar-refractivity contribution in [1.29, 1.82) is 0 Å². The van der Waals surface area contributed by atoms with E-state index in [0.717, 1.165) is 30.5 Å². The van der Waals surface area contributed by atoms with Crippen LogP contribution in [0.1, 0.15) is 59.9 Å². The van der Waals surface area contributed by atoms with E-state index in [4.69, 9.17) is 0 Å². The Kier molecular flexibility index (Phi) is 3.96. The first-order chi connectivity index (χ1) is 10.6. The Bertz CT molecular complexity index is 674. The van der Waals surface area contributed by atoms with Crippen LogP contribution in [0.15, 0.2) is 30.3 Å². The zero-order valence-electron chi connectivity index (χ0n) is 12.8. The van der Waals surface area contributed by atoms with Crippen molar-refractivity contribution in [2.45, 2.75) is 38.1 Å². The van der Waals surface area contributed by atoms with Gasteiger partial charge in [0.25, 0.3) is 5.91 Å². The molecule has 1 N–H and O–H groups in total. The predicted molar refractivity (Wildman–Crippen MR) is 82.1 cm³/mol. The third kappa shape index (κ3) is 3.03. The summed E-state index contributed by atoms with van der Waals surface area (Å²) in [6.45, 7) is 1.99. The molecule has 0 unspecified atom stereocenters. The van der Waals surface area contributed by atoms with E-state index in [1.807, 2.05) is 13.0 Å². The average Bonchev–Trinajstić information content (AvgIpc) is 3.28. The molecular weight excluding hydrogens is 281 g/mol. The molecule has 0 radical (unpaired) electrons. The van der Waals surface area contributed by atoms with Crippen LogP contribution < -0.4 is 5.32 Å². The highest BCUT2D eigenvalue weighted by Gasteiger charge is 2.28. The van der Waals surface area contributed by atoms with E-state index in [2.05, 4.69) is 10.4 Å². The fraction of sp³-hybridized carbons (Fsp3) is 0.412. The number of aromatic nitrogens is 2. The fourth-order valence-corrected chi connectivity index (χ4v) is 2.63. The molecule has 1 saturated carbocycles. The summed E-state index contributed by atoms with van der Waals surface area (Å²) in [4.78, 5) is 12.5. The van der Waals surface area contributed by atoms with E-state index >= 15 is 0 Å². The molecule has 1 fully saturated rings. The van der Waals surface area contributed by atoms with Gasteiger partial charge in [0.15, 0.2) is 0 Å². The molecule has 0 spiro atoms. The van der Waals surface area contributed by atoms with Gasteiger partial charge in [-0.3, -0.25) is 9.48 Å². The molecule has 1 aromatic heterocycles. The Hall–Kier alpha value is -2.17. The summed E-state index contributed by atoms with van der Waals surface area (Å²) in [5.41, 5.74) is 2.48. The van der Waals surface area contributed by atoms with Crippen LogP contribution in [0, 0.1) is 5.82 Å². The van der Waals surface area contributed by atoms with Crippen LogP contribution in [-0.4, -0.2) is 15.7 Å². The van der Waals surface area contributed by atoms with Gasteiger partial charge in [-0.15, -0.1) is 0 Å². The van der Waals surface area contributed by atoms with Crippen molar-refractivity contribution in [1.82, 2.24) is 15.1 Å². The van der Waals surface area contributed by atoms with E-state index in [1.165, 1.54) is 12.1 Å². The van der Waals surface area contributed by atoms with Crippen LogP contribution in [-0.2, 0) is 7.05 Å². The average molecular weight is 301 g/mol. The summed E-state index contributed by atoms with van der Waals surface area (Å²) in [6.07, 6.45) is 3.06. The summed E-state index contributed by atoms with van der Waals surface area (Å²) in [7, 11) is 1.79. The third-order valence-corrected chi connectivity index (χ3v) is 4.11. The Morgan fingerprint density at radius 3 is 2.68 bits per heavy atom. The van der Waals surface area contributed by atoms with Gasteiger partial charge in [-0.2, -0.15) is 5.10 Å². The highest BCUT2D eigenvalue weighted by atomic mass is 19.1. The molecule has 1 atom stereocenters. The van der Waals surface area contributed by atoms with Crippen LogP contribution in [0.2, 0.25) is 0 Å². The minimum atomic E-state index is -0.273. The third-order valence-electron chi connectivity index (χ3n) is 4.11. The number of amides is 1. The van der Waals surface area contributed by atoms with E-state index in [9.17, 15) is 9.18 Å². The maximum Gasteiger partial charge on any atom is 0.270 e. The maximum absolute atomic E-state index is 13.0. The van der Waals surface area contributed by atoms with E-state index < -0.39 is 0 Å². The Morgan fingerprint density at radius 2 is 2.09 bits per heavy atom. The standard InChI is InChI=1S/C17H20FN3O/c1-3-14(11-6-8-13(18)9-7-11)19-17(22)16-10-15(12-4-5-12)20-21(16)2/h6-10,12,14H,3-5H2,1-2H3,(H,19,22)/t14-/m0/s1. The fourth-order valence-electron chi connectivity index (χ4n) is 2.63. The largest absolute Gasteiger partial charge is 0.344 e. The van der Waals surface area contributed by atoms with E-state index in [1.54, 1.807) is 23.9 Å². The molecule has 5 heteroatoms. The normalized spacial score (nSPS) is 15.6. The summed E-state index contributed by atoms with van der Waals surface area (Å²) in [6, 6.07) is 8.00. The molecule has 0 bridgehead atoms. The molecule has 4 nitrogen and oxygen atoms in total. The Balaban J connectivity index is 1.75. The van der Waals surface area contributed by atoms with Crippen molar-refractivity contribution in [2.75, 3.05) is 0 Å². The number of benzene rings is 1. The van der Waals surface area contributed by atoms with Gasteiger partial charge in [0.05, 0.1) is 11.7 Å². The number of carbonyl (C=O) groups excluding carboxylic acids is 1. The second-order valence-electron chi connectivity index (χ2n) is 5.84. The second kappa shape index (κ2) is 5.91. The summed E-state index contributed by atoms with van der Waals surface area (Å²) in [5.74, 6) is 0.107. The van der Waals surface area contributed by atoms with Gasteiger partial charge >= 0.3 is 0 Å². The minimum absolute atomic E-state index is 0.132. The van der Waals surface area contributed by atoms with Crippen molar-refractivity contribution in [3.8, 4) is 0 Å². The molecule has 1 aromatic carbocycles. The van der Waals surface area contributed by atoms with Gasteiger partial charge in [-0.1, -0.05) is 19.1 Å². The molecule has 116 valence electrons. The number of nitrogens with zero attached hydrogens (tertiary/aromatic N) is 2. The smallest absolute Gasteiger partial charge is 0.270 e. The lowest BCUT2D eigenvalue weighted by Crippen LogP contribution is -2.29. The van der Waals surface area contributed by atoms with Crippen LogP contribution in [0.3, 0.4) is 0 Å². The predicted octanol–water partition coefficient (Wildman–Crippen LogP) is 3.32. The van der Waals surface area contributed by atoms with Gasteiger partial charge in [-0.25, -0.2) is 4.39 Å². The van der Waals surface area contributed by atoms with Crippen LogP contribution in [0.5, 0.6) is 0 Å². The quantitative estimate of drug-likeness (QED) is 0.921. The first kappa shape index (κ1) is 14.8. The SMILES string of the molecule is CC[C@H](NC(=O)c1cc(C2CC2)nn1C)c1ccc(F)cc1. The number of carbonyl (C=O) groups is 1. The Morgan fingerprint density at radius 1 is 1.41 bits per heavy atom. The molecule has 22 heavy (non-hydrogen) atoms. The number of hydrogen-bond donors (Lipinski definition) is 1. The van der Waals surface area contributed by atoms with Crippen LogP contribution >= 0.6 is 0 Å². The summed E-state index contributed by atoms with van der Waals surface area (Å²) < 4.78 is 14.7. The number of hydrogen-bond acceptors (Lipinski definition) is 2. The minimum Gasteiger partial charge on any atom is -0.344 e. The van der Waals surface area contributed by atoms with Gasteiger partial charge in [0.1, 0.15) is 11.5 Å². The molecular formula is C17H20FN3O. The lowest BCUT2D eigenvalue weighted by molar-refractivity contribution is 0.0926. The van der Waals surface area contributed by atoms with Gasteiger partial charge < -0.3 is 5.32 Å². The lowest BCUT2D eigenvalue weighted by Gasteiger charge is -2.17. The van der Waals surface area contributed by atoms with Gasteiger partial charge in [0.2, 0.25) is 0 Å². The monoisotopic (exact) mass is 301 g/mol. The molecule has 1 aliphatic carbocycles. The number of aryl methyl sites for hydroxylation is 1. The van der Waals surface area contributed by atoms with Gasteiger partial charge in [0, 0.05) is 13.0 Å². The highest BCUT2D eigenvalue weighted by Crippen LogP contribution is 2.39. The van der Waals surface area contributed by atoms with Crippen molar-refractivity contribution < 1.29 is 9.18 Å². The topological polar surface area (TPSA) is 46.9 Å². The zero-order valence-corrected chi connectivity index (χ0v) is 12.8. The molecule has 0 saturated heterocycles. The summed E-state index contributed by atoms with van der Waals surface area (Å²) >= 11 is 0. The zero-order chi connectivity index (χ0) is 15.7. The second-order valence-corrected chi connectivity index (χ2v) is 5.84. The first-order valence-electron chi connectivity index (χ1n) is 7.68. The van der Waals surface area contributed by atoms with Crippen molar-refractivity contribution >= 4 is 5.91 Å². The molecule has 0 aliphatic heterocycles. The molecule has 2 aromatic rings. The summed E-state index contributed by atoms with van der Waals surface area (Å²) in [5, 5.41) is 7.43. The molecule has 1 amide bonds. The first-order valence-corrected chi connectivity index (χ1v) is 7.68. The van der Waals surface area contributed by atoms with Crippen molar-refractivity contribution in [3.05, 3.63) is 53.1 Å². The number of halogens is 1. The van der Waals surface area contributed by atoms with Crippen LogP contribution in [0.25, 0.3) is 0 Å². The van der Waals surface area contributed by atoms with E-state index in [-0.39, 0.29) is 17.8 Å². The number of rotatable bonds is 5. The van der Waals surface area contributed by atoms with Crippen molar-refractivity contribution in [2.24, 2.45) is 7.05 Å².